The molecule has 1 rings (SSSR count). The molecule has 0 aliphatic carbocycles. The molecule has 0 aromatic rings. The summed E-state index contributed by atoms with van der Waals surface area (Å²) in [4.78, 5) is 4.18. The van der Waals surface area contributed by atoms with Crippen molar-refractivity contribution in [1.82, 2.24) is 10.6 Å². The number of nitrogens with one attached hydrogen (secondary N) is 2. The molecule has 0 amide bonds. The zero-order valence-electron chi connectivity index (χ0n) is 14.4. The van der Waals surface area contributed by atoms with Crippen LogP contribution < -0.4 is 10.6 Å². The monoisotopic (exact) mass is 315 g/mol. The van der Waals surface area contributed by atoms with Crippen LogP contribution >= 0.6 is 0 Å². The Bertz CT molecular complexity index is 292. The maximum Gasteiger partial charge on any atom is 0.191 e. The van der Waals surface area contributed by atoms with E-state index in [2.05, 4.69) is 29.5 Å². The Morgan fingerprint density at radius 1 is 1.23 bits per heavy atom. The van der Waals surface area contributed by atoms with Crippen molar-refractivity contribution in [3.8, 4) is 0 Å². The molecule has 0 radical (unpaired) electrons. The van der Waals surface area contributed by atoms with Crippen LogP contribution in [-0.2, 0) is 14.2 Å². The summed E-state index contributed by atoms with van der Waals surface area (Å²) in [6.45, 7) is 9.77. The minimum absolute atomic E-state index is 0.313. The number of ether oxygens (including phenoxy) is 3. The van der Waals surface area contributed by atoms with Gasteiger partial charge in [-0.25, -0.2) is 0 Å². The van der Waals surface area contributed by atoms with Crippen molar-refractivity contribution < 1.29 is 14.2 Å². The van der Waals surface area contributed by atoms with Gasteiger partial charge in [0, 0.05) is 40.0 Å². The lowest BCUT2D eigenvalue weighted by Crippen LogP contribution is -2.39. The first-order valence-electron chi connectivity index (χ1n) is 8.44. The number of nitrogens with zero attached hydrogens (tertiary/aromatic N) is 1. The van der Waals surface area contributed by atoms with Gasteiger partial charge in [-0.15, -0.1) is 0 Å². The van der Waals surface area contributed by atoms with Crippen LogP contribution in [-0.4, -0.2) is 65.2 Å². The number of rotatable bonds is 11. The van der Waals surface area contributed by atoms with E-state index < -0.39 is 0 Å². The van der Waals surface area contributed by atoms with Crippen molar-refractivity contribution in [2.75, 3.05) is 53.2 Å². The summed E-state index contributed by atoms with van der Waals surface area (Å²) in [6.07, 6.45) is 3.57. The van der Waals surface area contributed by atoms with Crippen molar-refractivity contribution in [3.63, 3.8) is 0 Å². The fourth-order valence-corrected chi connectivity index (χ4v) is 2.15. The second-order valence-electron chi connectivity index (χ2n) is 5.96. The summed E-state index contributed by atoms with van der Waals surface area (Å²) in [7, 11) is 1.78. The van der Waals surface area contributed by atoms with E-state index in [4.69, 9.17) is 14.2 Å². The van der Waals surface area contributed by atoms with Gasteiger partial charge >= 0.3 is 0 Å². The first-order chi connectivity index (χ1) is 10.7. The normalized spacial score (nSPS) is 18.9. The van der Waals surface area contributed by atoms with E-state index in [0.29, 0.717) is 18.6 Å². The molecular formula is C16H33N3O3. The lowest BCUT2D eigenvalue weighted by molar-refractivity contribution is 0.0168. The van der Waals surface area contributed by atoms with Gasteiger partial charge < -0.3 is 24.8 Å². The Morgan fingerprint density at radius 3 is 2.73 bits per heavy atom. The molecule has 0 aromatic heterocycles. The van der Waals surface area contributed by atoms with Crippen LogP contribution in [0.4, 0.5) is 0 Å². The van der Waals surface area contributed by atoms with Gasteiger partial charge in [-0.3, -0.25) is 4.99 Å². The molecule has 1 atom stereocenters. The summed E-state index contributed by atoms with van der Waals surface area (Å²) < 4.78 is 16.7. The van der Waals surface area contributed by atoms with Gasteiger partial charge in [-0.05, 0) is 25.2 Å². The Labute approximate surface area is 135 Å². The first kappa shape index (κ1) is 19.2. The van der Waals surface area contributed by atoms with E-state index in [1.54, 1.807) is 7.05 Å². The van der Waals surface area contributed by atoms with Crippen molar-refractivity contribution in [1.29, 1.82) is 0 Å². The molecule has 0 bridgehead atoms. The maximum atomic E-state index is 5.62. The largest absolute Gasteiger partial charge is 0.379 e. The smallest absolute Gasteiger partial charge is 0.191 e. The quantitative estimate of drug-likeness (QED) is 0.343. The van der Waals surface area contributed by atoms with E-state index >= 15 is 0 Å². The molecule has 0 spiro atoms. The van der Waals surface area contributed by atoms with Crippen LogP contribution in [0.1, 0.15) is 33.1 Å². The predicted octanol–water partition coefficient (Wildman–Crippen LogP) is 1.41. The highest BCUT2D eigenvalue weighted by atomic mass is 16.5. The molecule has 1 aliphatic rings. The fourth-order valence-electron chi connectivity index (χ4n) is 2.15. The van der Waals surface area contributed by atoms with Crippen molar-refractivity contribution in [2.45, 2.75) is 39.2 Å². The second-order valence-corrected chi connectivity index (χ2v) is 5.96. The molecule has 130 valence electrons. The van der Waals surface area contributed by atoms with Gasteiger partial charge in [0.25, 0.3) is 0 Å². The zero-order valence-corrected chi connectivity index (χ0v) is 14.4. The average Bonchev–Trinajstić information content (AvgIpc) is 3.01. The molecular weight excluding hydrogens is 282 g/mol. The van der Waals surface area contributed by atoms with E-state index in [1.807, 2.05) is 0 Å². The number of guanidine groups is 1. The minimum atomic E-state index is 0.313. The van der Waals surface area contributed by atoms with Gasteiger partial charge in [0.2, 0.25) is 0 Å². The first-order valence-corrected chi connectivity index (χ1v) is 8.44. The summed E-state index contributed by atoms with van der Waals surface area (Å²) >= 11 is 0. The summed E-state index contributed by atoms with van der Waals surface area (Å²) in [5.41, 5.74) is 0. The van der Waals surface area contributed by atoms with E-state index in [9.17, 15) is 0 Å². The third-order valence-corrected chi connectivity index (χ3v) is 3.30. The van der Waals surface area contributed by atoms with Crippen LogP contribution in [0.5, 0.6) is 0 Å². The molecule has 1 saturated heterocycles. The van der Waals surface area contributed by atoms with E-state index in [0.717, 1.165) is 58.3 Å². The summed E-state index contributed by atoms with van der Waals surface area (Å²) in [6, 6.07) is 0. The average molecular weight is 315 g/mol. The molecule has 6 nitrogen and oxygen atoms in total. The molecule has 1 unspecified atom stereocenters. The standard InChI is InChI=1S/C16H33N3O3/c1-14(2)12-21-11-8-19-16(17-3)18-7-5-9-20-13-15-6-4-10-22-15/h14-15H,4-13H2,1-3H3,(H2,17,18,19). The SMILES string of the molecule is CN=C(NCCCOCC1CCCO1)NCCOCC(C)C. The molecule has 0 aromatic carbocycles. The van der Waals surface area contributed by atoms with Crippen LogP contribution in [0.2, 0.25) is 0 Å². The molecule has 1 fully saturated rings. The van der Waals surface area contributed by atoms with Crippen LogP contribution in [0.25, 0.3) is 0 Å². The summed E-state index contributed by atoms with van der Waals surface area (Å²) in [5, 5.41) is 6.50. The highest BCUT2D eigenvalue weighted by Gasteiger charge is 2.14. The Hall–Kier alpha value is -0.850. The fraction of sp³-hybridized carbons (Fsp3) is 0.938. The predicted molar refractivity (Wildman–Crippen MR) is 89.4 cm³/mol. The van der Waals surface area contributed by atoms with Crippen molar-refractivity contribution in [3.05, 3.63) is 0 Å². The molecule has 1 aliphatic heterocycles. The minimum Gasteiger partial charge on any atom is -0.379 e. The Balaban J connectivity index is 1.90. The highest BCUT2D eigenvalue weighted by Crippen LogP contribution is 2.11. The lowest BCUT2D eigenvalue weighted by atomic mass is 10.2. The van der Waals surface area contributed by atoms with Gasteiger partial charge in [0.1, 0.15) is 0 Å². The Kier molecular flexibility index (Phi) is 11.1. The van der Waals surface area contributed by atoms with E-state index in [-0.39, 0.29) is 0 Å². The van der Waals surface area contributed by atoms with Crippen molar-refractivity contribution >= 4 is 5.96 Å². The van der Waals surface area contributed by atoms with Gasteiger partial charge in [0.05, 0.1) is 19.3 Å². The van der Waals surface area contributed by atoms with Gasteiger partial charge in [-0.1, -0.05) is 13.8 Å². The van der Waals surface area contributed by atoms with Crippen LogP contribution in [0, 0.1) is 5.92 Å². The zero-order chi connectivity index (χ0) is 16.0. The van der Waals surface area contributed by atoms with Crippen LogP contribution in [0.3, 0.4) is 0 Å². The van der Waals surface area contributed by atoms with E-state index in [1.165, 1.54) is 6.42 Å². The third-order valence-electron chi connectivity index (χ3n) is 3.30. The number of hydrogen-bond donors (Lipinski definition) is 2. The molecule has 22 heavy (non-hydrogen) atoms. The second kappa shape index (κ2) is 12.7. The Morgan fingerprint density at radius 2 is 2.05 bits per heavy atom. The molecule has 0 saturated carbocycles. The van der Waals surface area contributed by atoms with Gasteiger partial charge in [-0.2, -0.15) is 0 Å². The molecule has 2 N–H and O–H groups in total. The van der Waals surface area contributed by atoms with Crippen LogP contribution in [0.15, 0.2) is 4.99 Å². The molecule has 1 heterocycles. The third kappa shape index (κ3) is 9.97. The number of hydrogen-bond acceptors (Lipinski definition) is 4. The van der Waals surface area contributed by atoms with Crippen molar-refractivity contribution in [2.24, 2.45) is 10.9 Å². The topological polar surface area (TPSA) is 64.1 Å². The number of aliphatic imine (C=N–C) groups is 1. The summed E-state index contributed by atoms with van der Waals surface area (Å²) in [5.74, 6) is 1.39. The van der Waals surface area contributed by atoms with Gasteiger partial charge in [0.15, 0.2) is 5.96 Å². The lowest BCUT2D eigenvalue weighted by Gasteiger charge is -2.13. The molecule has 6 heteroatoms. The highest BCUT2D eigenvalue weighted by molar-refractivity contribution is 5.79. The maximum absolute atomic E-state index is 5.62.